The number of halogens is 1. The second-order valence-corrected chi connectivity index (χ2v) is 7.24. The fourth-order valence-electron chi connectivity index (χ4n) is 3.71. The Morgan fingerprint density at radius 1 is 1.23 bits per heavy atom. The van der Waals surface area contributed by atoms with Crippen molar-refractivity contribution in [1.82, 2.24) is 15.0 Å². The van der Waals surface area contributed by atoms with Crippen LogP contribution in [0.2, 0.25) is 0 Å². The number of nitrogen functional groups attached to an aromatic ring is 1. The molecule has 31 heavy (non-hydrogen) atoms. The third kappa shape index (κ3) is 4.28. The highest BCUT2D eigenvalue weighted by Gasteiger charge is 2.31. The quantitative estimate of drug-likeness (QED) is 0.659. The molecule has 0 bridgehead atoms. The van der Waals surface area contributed by atoms with Crippen molar-refractivity contribution in [2.75, 3.05) is 16.0 Å². The summed E-state index contributed by atoms with van der Waals surface area (Å²) in [5, 5.41) is 11.9. The van der Waals surface area contributed by atoms with Crippen LogP contribution in [0.4, 0.5) is 26.5 Å². The fourth-order valence-corrected chi connectivity index (χ4v) is 3.71. The zero-order valence-corrected chi connectivity index (χ0v) is 16.6. The van der Waals surface area contributed by atoms with Gasteiger partial charge in [0.15, 0.2) is 11.6 Å². The molecule has 1 aliphatic carbocycles. The molecule has 156 valence electrons. The van der Waals surface area contributed by atoms with E-state index in [1.807, 2.05) is 6.07 Å². The molecule has 3 N–H and O–H groups in total. The van der Waals surface area contributed by atoms with Gasteiger partial charge >= 0.3 is 6.03 Å². The van der Waals surface area contributed by atoms with Gasteiger partial charge in [-0.3, -0.25) is 15.2 Å². The van der Waals surface area contributed by atoms with Crippen LogP contribution < -0.4 is 16.0 Å². The highest BCUT2D eigenvalue weighted by Crippen LogP contribution is 2.33. The number of urea groups is 1. The summed E-state index contributed by atoms with van der Waals surface area (Å²) >= 11 is 0. The number of aromatic nitrogens is 3. The average Bonchev–Trinajstić information content (AvgIpc) is 3.31. The van der Waals surface area contributed by atoms with Gasteiger partial charge in [0.05, 0.1) is 23.1 Å². The molecule has 2 heterocycles. The van der Waals surface area contributed by atoms with Crippen molar-refractivity contribution >= 4 is 23.4 Å². The number of nitrogens with zero attached hydrogens (tertiary/aromatic N) is 5. The molecule has 2 amide bonds. The van der Waals surface area contributed by atoms with Crippen LogP contribution >= 0.6 is 0 Å². The Kier molecular flexibility index (Phi) is 5.71. The number of carbonyl (C=O) groups is 1. The lowest BCUT2D eigenvalue weighted by molar-refractivity contribution is 0.254. The molecule has 1 saturated carbocycles. The maximum Gasteiger partial charge on any atom is 0.329 e. The molecule has 1 aromatic carbocycles. The summed E-state index contributed by atoms with van der Waals surface area (Å²) in [7, 11) is 0. The van der Waals surface area contributed by atoms with E-state index < -0.39 is 11.8 Å². The molecule has 2 aromatic heterocycles. The number of rotatable bonds is 4. The van der Waals surface area contributed by atoms with Crippen LogP contribution in [-0.4, -0.2) is 27.0 Å². The average molecular weight is 417 g/mol. The van der Waals surface area contributed by atoms with E-state index >= 15 is 0 Å². The van der Waals surface area contributed by atoms with E-state index in [0.29, 0.717) is 28.6 Å². The molecule has 0 aliphatic heterocycles. The van der Waals surface area contributed by atoms with E-state index in [9.17, 15) is 9.18 Å². The smallest absolute Gasteiger partial charge is 0.329 e. The lowest BCUT2D eigenvalue weighted by Crippen LogP contribution is -2.43. The molecule has 0 radical (unpaired) electrons. The van der Waals surface area contributed by atoms with Crippen molar-refractivity contribution in [2.24, 2.45) is 0 Å². The van der Waals surface area contributed by atoms with Gasteiger partial charge in [0.1, 0.15) is 11.9 Å². The Hall–Kier alpha value is -4.06. The van der Waals surface area contributed by atoms with Crippen LogP contribution in [-0.2, 0) is 0 Å². The Bertz CT molecular complexity index is 1140. The van der Waals surface area contributed by atoms with Gasteiger partial charge in [-0.1, -0.05) is 12.8 Å². The van der Waals surface area contributed by atoms with Gasteiger partial charge in [-0.2, -0.15) is 5.26 Å². The second-order valence-electron chi connectivity index (χ2n) is 7.24. The van der Waals surface area contributed by atoms with E-state index in [2.05, 4.69) is 20.3 Å². The van der Waals surface area contributed by atoms with Gasteiger partial charge in [-0.05, 0) is 43.2 Å². The molecular weight excluding hydrogens is 397 g/mol. The predicted molar refractivity (Wildman–Crippen MR) is 115 cm³/mol. The predicted octanol–water partition coefficient (Wildman–Crippen LogP) is 4.11. The first-order valence-corrected chi connectivity index (χ1v) is 9.89. The molecule has 4 rings (SSSR count). The minimum absolute atomic E-state index is 0.0652. The van der Waals surface area contributed by atoms with E-state index in [1.54, 1.807) is 17.0 Å². The molecule has 8 nitrogen and oxygen atoms in total. The van der Waals surface area contributed by atoms with E-state index in [1.165, 1.54) is 36.8 Å². The van der Waals surface area contributed by atoms with Crippen molar-refractivity contribution in [3.05, 3.63) is 60.3 Å². The summed E-state index contributed by atoms with van der Waals surface area (Å²) in [6.07, 6.45) is 8.13. The minimum atomic E-state index is -0.599. The van der Waals surface area contributed by atoms with Gasteiger partial charge in [0.2, 0.25) is 0 Å². The van der Waals surface area contributed by atoms with Crippen molar-refractivity contribution in [2.45, 2.75) is 31.7 Å². The second kappa shape index (κ2) is 8.75. The minimum Gasteiger partial charge on any atom is -0.396 e. The molecule has 0 spiro atoms. The van der Waals surface area contributed by atoms with Gasteiger partial charge in [0.25, 0.3) is 0 Å². The van der Waals surface area contributed by atoms with Gasteiger partial charge in [-0.15, -0.1) is 0 Å². The Morgan fingerprint density at radius 3 is 2.74 bits per heavy atom. The lowest BCUT2D eigenvalue weighted by atomic mass is 10.1. The van der Waals surface area contributed by atoms with Crippen LogP contribution in [0.3, 0.4) is 0 Å². The first kappa shape index (κ1) is 20.2. The highest BCUT2D eigenvalue weighted by molar-refractivity contribution is 6.02. The number of benzene rings is 1. The Balaban J connectivity index is 1.73. The van der Waals surface area contributed by atoms with Gasteiger partial charge in [-0.25, -0.2) is 19.2 Å². The molecule has 0 unspecified atom stereocenters. The van der Waals surface area contributed by atoms with E-state index in [-0.39, 0.29) is 11.6 Å². The summed E-state index contributed by atoms with van der Waals surface area (Å²) in [6.45, 7) is 0. The fraction of sp³-hybridized carbons (Fsp3) is 0.227. The van der Waals surface area contributed by atoms with Crippen molar-refractivity contribution < 1.29 is 9.18 Å². The van der Waals surface area contributed by atoms with Crippen LogP contribution in [0.15, 0.2) is 48.9 Å². The third-order valence-electron chi connectivity index (χ3n) is 5.22. The van der Waals surface area contributed by atoms with Crippen LogP contribution in [0.25, 0.3) is 11.3 Å². The first-order chi connectivity index (χ1) is 15.1. The number of pyridine rings is 1. The number of nitrogens with one attached hydrogen (secondary N) is 1. The summed E-state index contributed by atoms with van der Waals surface area (Å²) in [5.74, 6) is 0.0360. The van der Waals surface area contributed by atoms with Crippen LogP contribution in [0, 0.1) is 17.1 Å². The first-order valence-electron chi connectivity index (χ1n) is 9.89. The summed E-state index contributed by atoms with van der Waals surface area (Å²) in [4.78, 5) is 27.5. The van der Waals surface area contributed by atoms with Gasteiger partial charge < -0.3 is 5.73 Å². The Labute approximate surface area is 178 Å². The van der Waals surface area contributed by atoms with Gasteiger partial charge in [0, 0.05) is 24.0 Å². The number of carbonyl (C=O) groups excluding carboxylic acids is 1. The van der Waals surface area contributed by atoms with Crippen LogP contribution in [0.5, 0.6) is 0 Å². The summed E-state index contributed by atoms with van der Waals surface area (Å²) in [5.41, 5.74) is 7.52. The molecule has 0 atom stereocenters. The normalized spacial score (nSPS) is 13.5. The van der Waals surface area contributed by atoms with Crippen molar-refractivity contribution in [1.29, 1.82) is 5.26 Å². The zero-order chi connectivity index (χ0) is 21.8. The molecule has 3 aromatic rings. The monoisotopic (exact) mass is 417 g/mol. The zero-order valence-electron chi connectivity index (χ0n) is 16.6. The molecule has 0 saturated heterocycles. The maximum atomic E-state index is 13.7. The molecule has 1 fully saturated rings. The maximum absolute atomic E-state index is 13.7. The number of hydrogen-bond acceptors (Lipinski definition) is 6. The largest absolute Gasteiger partial charge is 0.396 e. The lowest BCUT2D eigenvalue weighted by Gasteiger charge is -2.29. The summed E-state index contributed by atoms with van der Waals surface area (Å²) in [6, 6.07) is 8.89. The molecular formula is C22H20FN7O. The third-order valence-corrected chi connectivity index (χ3v) is 5.22. The molecule has 9 heteroatoms. The number of nitrogens with two attached hydrogens (primary N) is 1. The summed E-state index contributed by atoms with van der Waals surface area (Å²) < 4.78 is 13.7. The van der Waals surface area contributed by atoms with Crippen molar-refractivity contribution in [3.8, 4) is 17.3 Å². The highest BCUT2D eigenvalue weighted by atomic mass is 19.1. The Morgan fingerprint density at radius 2 is 2.03 bits per heavy atom. The number of anilines is 3. The SMILES string of the molecule is N#Cc1cc(-c2ccc(N)c(N(C(=O)Nc3cnccn3)C3CCCC3)n2)ccc1F. The van der Waals surface area contributed by atoms with E-state index in [0.717, 1.165) is 25.7 Å². The van der Waals surface area contributed by atoms with Crippen molar-refractivity contribution in [3.63, 3.8) is 0 Å². The van der Waals surface area contributed by atoms with Crippen LogP contribution in [0.1, 0.15) is 31.2 Å². The topological polar surface area (TPSA) is 121 Å². The number of amides is 2. The number of hydrogen-bond donors (Lipinski definition) is 2. The standard InChI is InChI=1S/C22H20FN7O/c23-17-6-5-14(11-15(17)12-24)19-8-7-18(25)21(28-19)30(16-3-1-2-4-16)22(31)29-20-13-26-9-10-27-20/h5-11,13,16H,1-4,25H2,(H,27,29,31). The molecule has 1 aliphatic rings. The van der Waals surface area contributed by atoms with E-state index in [4.69, 9.17) is 11.0 Å². The number of nitriles is 1.